The van der Waals surface area contributed by atoms with Crippen LogP contribution in [0.3, 0.4) is 0 Å². The Labute approximate surface area is 119 Å². The van der Waals surface area contributed by atoms with Crippen LogP contribution >= 0.6 is 11.8 Å². The summed E-state index contributed by atoms with van der Waals surface area (Å²) in [6, 6.07) is -0.217. The maximum Gasteiger partial charge on any atom is 0.289 e. The Morgan fingerprint density at radius 3 is 2.85 bits per heavy atom. The summed E-state index contributed by atoms with van der Waals surface area (Å²) in [4.78, 5) is 46.3. The second kappa shape index (κ2) is 5.20. The topological polar surface area (TPSA) is 83.5 Å². The van der Waals surface area contributed by atoms with Crippen LogP contribution in [-0.2, 0) is 4.79 Å². The second-order valence-electron chi connectivity index (χ2n) is 4.60. The first-order valence-corrected chi connectivity index (χ1v) is 7.19. The number of aromatic nitrogens is 2. The molecule has 0 aromatic carbocycles. The molecule has 20 heavy (non-hydrogen) atoms. The van der Waals surface area contributed by atoms with Crippen LogP contribution in [0, 0.1) is 0 Å². The van der Waals surface area contributed by atoms with Gasteiger partial charge in [-0.1, -0.05) is 11.8 Å². The molecule has 3 amide bonds. The smallest absolute Gasteiger partial charge is 0.289 e. The molecule has 0 saturated carbocycles. The second-order valence-corrected chi connectivity index (χ2v) is 5.53. The highest BCUT2D eigenvalue weighted by atomic mass is 32.2. The van der Waals surface area contributed by atoms with Crippen molar-refractivity contribution < 1.29 is 14.4 Å². The standard InChI is InChI=1S/C12H12N4O3S/c17-10-7-20-12(19)16(10)8-1-4-15(6-8)11(18)9-5-13-2-3-14-9/h2-3,5,8H,1,4,6-7H2. The number of thioether (sulfide) groups is 1. The summed E-state index contributed by atoms with van der Waals surface area (Å²) >= 11 is 1.02. The van der Waals surface area contributed by atoms with Crippen LogP contribution in [0.1, 0.15) is 16.9 Å². The number of carbonyl (C=O) groups is 3. The fourth-order valence-electron chi connectivity index (χ4n) is 2.43. The number of nitrogens with zero attached hydrogens (tertiary/aromatic N) is 4. The number of imide groups is 1. The first-order chi connectivity index (χ1) is 9.66. The van der Waals surface area contributed by atoms with Gasteiger partial charge in [0.1, 0.15) is 5.69 Å². The van der Waals surface area contributed by atoms with Crippen LogP contribution in [0.5, 0.6) is 0 Å². The summed E-state index contributed by atoms with van der Waals surface area (Å²) in [7, 11) is 0. The summed E-state index contributed by atoms with van der Waals surface area (Å²) in [6.45, 7) is 0.884. The number of rotatable bonds is 2. The zero-order valence-electron chi connectivity index (χ0n) is 10.6. The molecule has 8 heteroatoms. The van der Waals surface area contributed by atoms with Crippen LogP contribution in [-0.4, -0.2) is 61.7 Å². The van der Waals surface area contributed by atoms with E-state index >= 15 is 0 Å². The highest BCUT2D eigenvalue weighted by molar-refractivity contribution is 8.14. The third-order valence-electron chi connectivity index (χ3n) is 3.38. The lowest BCUT2D eigenvalue weighted by atomic mass is 10.2. The first kappa shape index (κ1) is 13.0. The molecule has 0 spiro atoms. The summed E-state index contributed by atoms with van der Waals surface area (Å²) < 4.78 is 0. The SMILES string of the molecule is O=C(c1cnccn1)N1CCC(N2C(=O)CSC2=O)C1. The summed E-state index contributed by atoms with van der Waals surface area (Å²) in [6.07, 6.45) is 5.00. The quantitative estimate of drug-likeness (QED) is 0.784. The summed E-state index contributed by atoms with van der Waals surface area (Å²) in [5.41, 5.74) is 0.279. The molecule has 1 aromatic rings. The van der Waals surface area contributed by atoms with Crippen molar-refractivity contribution in [3.05, 3.63) is 24.3 Å². The van der Waals surface area contributed by atoms with Gasteiger partial charge in [0.2, 0.25) is 5.91 Å². The predicted molar refractivity (Wildman–Crippen MR) is 71.0 cm³/mol. The van der Waals surface area contributed by atoms with E-state index in [1.807, 2.05) is 0 Å². The molecule has 104 valence electrons. The van der Waals surface area contributed by atoms with Gasteiger partial charge in [0.05, 0.1) is 18.0 Å². The maximum atomic E-state index is 12.2. The van der Waals surface area contributed by atoms with E-state index in [4.69, 9.17) is 0 Å². The minimum atomic E-state index is -0.217. The van der Waals surface area contributed by atoms with E-state index in [1.54, 1.807) is 4.90 Å². The van der Waals surface area contributed by atoms with E-state index in [2.05, 4.69) is 9.97 Å². The lowest BCUT2D eigenvalue weighted by Crippen LogP contribution is -2.41. The minimum Gasteiger partial charge on any atom is -0.335 e. The molecule has 0 N–H and O–H groups in total. The zero-order valence-corrected chi connectivity index (χ0v) is 11.4. The minimum absolute atomic E-state index is 0.168. The Bertz CT molecular complexity index is 549. The number of hydrogen-bond acceptors (Lipinski definition) is 6. The van der Waals surface area contributed by atoms with Crippen molar-refractivity contribution in [2.24, 2.45) is 0 Å². The highest BCUT2D eigenvalue weighted by Crippen LogP contribution is 2.26. The lowest BCUT2D eigenvalue weighted by Gasteiger charge is -2.21. The largest absolute Gasteiger partial charge is 0.335 e. The van der Waals surface area contributed by atoms with E-state index in [0.29, 0.717) is 19.5 Å². The lowest BCUT2D eigenvalue weighted by molar-refractivity contribution is -0.126. The van der Waals surface area contributed by atoms with Gasteiger partial charge in [0.25, 0.3) is 11.1 Å². The molecule has 2 aliphatic heterocycles. The van der Waals surface area contributed by atoms with E-state index < -0.39 is 0 Å². The van der Waals surface area contributed by atoms with Gasteiger partial charge in [-0.25, -0.2) is 4.98 Å². The van der Waals surface area contributed by atoms with E-state index in [9.17, 15) is 14.4 Å². The van der Waals surface area contributed by atoms with Gasteiger partial charge in [0, 0.05) is 25.5 Å². The normalized spacial score (nSPS) is 22.7. The van der Waals surface area contributed by atoms with Crippen LogP contribution in [0.4, 0.5) is 4.79 Å². The predicted octanol–water partition coefficient (Wildman–Crippen LogP) is 0.386. The van der Waals surface area contributed by atoms with E-state index in [0.717, 1.165) is 11.8 Å². The first-order valence-electron chi connectivity index (χ1n) is 6.21. The number of hydrogen-bond donors (Lipinski definition) is 0. The number of carbonyl (C=O) groups excluding carboxylic acids is 3. The van der Waals surface area contributed by atoms with Gasteiger partial charge in [-0.3, -0.25) is 24.3 Å². The molecule has 0 radical (unpaired) electrons. The van der Waals surface area contributed by atoms with Gasteiger partial charge in [-0.05, 0) is 6.42 Å². The number of amides is 3. The molecule has 1 unspecified atom stereocenters. The fourth-order valence-corrected chi connectivity index (χ4v) is 3.20. The maximum absolute atomic E-state index is 12.2. The third-order valence-corrected chi connectivity index (χ3v) is 4.22. The van der Waals surface area contributed by atoms with Crippen molar-refractivity contribution in [1.82, 2.24) is 19.8 Å². The van der Waals surface area contributed by atoms with Crippen molar-refractivity contribution in [3.8, 4) is 0 Å². The molecule has 3 heterocycles. The fraction of sp³-hybridized carbons (Fsp3) is 0.417. The Hall–Kier alpha value is -1.96. The van der Waals surface area contributed by atoms with Gasteiger partial charge < -0.3 is 4.90 Å². The molecule has 2 fully saturated rings. The number of likely N-dealkylation sites (tertiary alicyclic amines) is 1. The monoisotopic (exact) mass is 292 g/mol. The molecular formula is C12H12N4O3S. The van der Waals surface area contributed by atoms with Gasteiger partial charge >= 0.3 is 0 Å². The zero-order chi connectivity index (χ0) is 14.1. The Morgan fingerprint density at radius 2 is 2.20 bits per heavy atom. The van der Waals surface area contributed by atoms with Gasteiger partial charge in [-0.2, -0.15) is 0 Å². The molecule has 1 aromatic heterocycles. The Morgan fingerprint density at radius 1 is 1.35 bits per heavy atom. The van der Waals surface area contributed by atoms with E-state index in [1.165, 1.54) is 23.5 Å². The average Bonchev–Trinajstić information content (AvgIpc) is 3.06. The molecule has 3 rings (SSSR count). The van der Waals surface area contributed by atoms with Crippen LogP contribution in [0.2, 0.25) is 0 Å². The van der Waals surface area contributed by atoms with Crippen molar-refractivity contribution in [2.45, 2.75) is 12.5 Å². The van der Waals surface area contributed by atoms with E-state index in [-0.39, 0.29) is 34.5 Å². The third kappa shape index (κ3) is 2.26. The van der Waals surface area contributed by atoms with Crippen molar-refractivity contribution in [2.75, 3.05) is 18.8 Å². The molecule has 2 aliphatic rings. The van der Waals surface area contributed by atoms with Crippen molar-refractivity contribution in [1.29, 1.82) is 0 Å². The van der Waals surface area contributed by atoms with Gasteiger partial charge in [0.15, 0.2) is 0 Å². The molecule has 7 nitrogen and oxygen atoms in total. The Kier molecular flexibility index (Phi) is 3.39. The molecule has 1 atom stereocenters. The van der Waals surface area contributed by atoms with Crippen molar-refractivity contribution in [3.63, 3.8) is 0 Å². The Balaban J connectivity index is 1.69. The summed E-state index contributed by atoms with van der Waals surface area (Å²) in [5.74, 6) is -0.181. The van der Waals surface area contributed by atoms with Crippen LogP contribution in [0.15, 0.2) is 18.6 Å². The van der Waals surface area contributed by atoms with Crippen LogP contribution in [0.25, 0.3) is 0 Å². The van der Waals surface area contributed by atoms with Crippen LogP contribution < -0.4 is 0 Å². The van der Waals surface area contributed by atoms with Crippen molar-refractivity contribution >= 4 is 28.8 Å². The summed E-state index contributed by atoms with van der Waals surface area (Å²) in [5, 5.41) is -0.214. The molecule has 2 saturated heterocycles. The molecule has 0 aliphatic carbocycles. The molecular weight excluding hydrogens is 280 g/mol. The van der Waals surface area contributed by atoms with Gasteiger partial charge in [-0.15, -0.1) is 0 Å². The molecule has 0 bridgehead atoms. The highest BCUT2D eigenvalue weighted by Gasteiger charge is 2.40. The average molecular weight is 292 g/mol.